The monoisotopic (exact) mass is 349 g/mol. The second-order valence-corrected chi connectivity index (χ2v) is 6.20. The Morgan fingerprint density at radius 1 is 1.04 bits per heavy atom. The molecule has 1 aromatic heterocycles. The summed E-state index contributed by atoms with van der Waals surface area (Å²) in [5.74, 6) is -0.447. The van der Waals surface area contributed by atoms with Crippen LogP contribution in [0.3, 0.4) is 0 Å². The smallest absolute Gasteiger partial charge is 0.335 e. The van der Waals surface area contributed by atoms with Crippen molar-refractivity contribution >= 4 is 11.9 Å². The van der Waals surface area contributed by atoms with Crippen LogP contribution in [0.1, 0.15) is 22.3 Å². The molecule has 0 aliphatic heterocycles. The summed E-state index contributed by atoms with van der Waals surface area (Å²) in [7, 11) is 0. The predicted octanol–water partition coefficient (Wildman–Crippen LogP) is 2.91. The molecule has 0 atom stereocenters. The van der Waals surface area contributed by atoms with Gasteiger partial charge in [0.1, 0.15) is 5.56 Å². The van der Waals surface area contributed by atoms with Crippen molar-refractivity contribution in [2.24, 2.45) is 4.99 Å². The third-order valence-corrected chi connectivity index (χ3v) is 4.21. The van der Waals surface area contributed by atoms with Crippen LogP contribution in [0.25, 0.3) is 5.69 Å². The first-order valence-electron chi connectivity index (χ1n) is 8.13. The van der Waals surface area contributed by atoms with Crippen LogP contribution < -0.4 is 11.2 Å². The molecule has 3 rings (SSSR count). The van der Waals surface area contributed by atoms with E-state index in [1.54, 1.807) is 18.2 Å². The zero-order chi connectivity index (χ0) is 18.8. The van der Waals surface area contributed by atoms with E-state index in [1.165, 1.54) is 6.21 Å². The number of H-pyrrole nitrogens is 1. The Morgan fingerprint density at radius 2 is 1.81 bits per heavy atom. The fraction of sp³-hybridized carbons (Fsp3) is 0.150. The van der Waals surface area contributed by atoms with E-state index in [0.29, 0.717) is 11.4 Å². The molecular weight excluding hydrogens is 330 g/mol. The number of nitrogens with one attached hydrogen (secondary N) is 1. The Hall–Kier alpha value is -3.41. The molecule has 0 radical (unpaired) electrons. The molecule has 1 heterocycles. The molecule has 0 saturated carbocycles. The summed E-state index contributed by atoms with van der Waals surface area (Å²) in [5, 5.41) is 10.5. The van der Waals surface area contributed by atoms with Crippen LogP contribution in [0.5, 0.6) is 5.88 Å². The summed E-state index contributed by atoms with van der Waals surface area (Å²) < 4.78 is 1.05. The molecule has 2 N–H and O–H groups in total. The molecule has 0 aliphatic rings. The number of aromatic amines is 1. The van der Waals surface area contributed by atoms with Gasteiger partial charge in [-0.15, -0.1) is 0 Å². The van der Waals surface area contributed by atoms with Gasteiger partial charge in [0.25, 0.3) is 5.56 Å². The van der Waals surface area contributed by atoms with Gasteiger partial charge >= 0.3 is 5.69 Å². The summed E-state index contributed by atoms with van der Waals surface area (Å²) in [5.41, 5.74) is 2.77. The predicted molar refractivity (Wildman–Crippen MR) is 102 cm³/mol. The van der Waals surface area contributed by atoms with Crippen LogP contribution in [0.15, 0.2) is 57.0 Å². The average Bonchev–Trinajstić information content (AvgIpc) is 2.57. The van der Waals surface area contributed by atoms with Crippen molar-refractivity contribution in [2.75, 3.05) is 0 Å². The minimum atomic E-state index is -0.707. The first-order chi connectivity index (χ1) is 12.4. The third kappa shape index (κ3) is 3.35. The lowest BCUT2D eigenvalue weighted by Gasteiger charge is -2.10. The molecule has 0 aliphatic carbocycles. The molecule has 0 unspecified atom stereocenters. The van der Waals surface area contributed by atoms with E-state index in [-0.39, 0.29) is 5.56 Å². The minimum Gasteiger partial charge on any atom is -0.493 e. The van der Waals surface area contributed by atoms with Crippen molar-refractivity contribution in [3.05, 3.63) is 85.6 Å². The summed E-state index contributed by atoms with van der Waals surface area (Å²) >= 11 is 0. The highest BCUT2D eigenvalue weighted by Gasteiger charge is 2.14. The van der Waals surface area contributed by atoms with Gasteiger partial charge in [-0.2, -0.15) is 0 Å². The van der Waals surface area contributed by atoms with E-state index >= 15 is 0 Å². The Labute approximate surface area is 150 Å². The van der Waals surface area contributed by atoms with Gasteiger partial charge in [0, 0.05) is 6.21 Å². The number of nitrogens with zero attached hydrogens (tertiary/aromatic N) is 2. The maximum atomic E-state index is 12.2. The highest BCUT2D eigenvalue weighted by molar-refractivity contribution is 5.84. The fourth-order valence-corrected chi connectivity index (χ4v) is 2.61. The molecule has 0 bridgehead atoms. The van der Waals surface area contributed by atoms with Crippen molar-refractivity contribution in [1.82, 2.24) is 9.55 Å². The van der Waals surface area contributed by atoms with Gasteiger partial charge in [0.15, 0.2) is 0 Å². The lowest BCUT2D eigenvalue weighted by atomic mass is 10.1. The topological polar surface area (TPSA) is 87.4 Å². The molecule has 0 fully saturated rings. The summed E-state index contributed by atoms with van der Waals surface area (Å²) in [6.45, 7) is 5.84. The molecular formula is C20H19N3O3. The van der Waals surface area contributed by atoms with Crippen molar-refractivity contribution in [2.45, 2.75) is 20.8 Å². The van der Waals surface area contributed by atoms with E-state index < -0.39 is 17.1 Å². The van der Waals surface area contributed by atoms with Crippen LogP contribution in [0.2, 0.25) is 0 Å². The lowest BCUT2D eigenvalue weighted by Crippen LogP contribution is -2.31. The molecule has 2 aromatic carbocycles. The summed E-state index contributed by atoms with van der Waals surface area (Å²) in [6.07, 6.45) is 1.27. The minimum absolute atomic E-state index is 0.0793. The third-order valence-electron chi connectivity index (χ3n) is 4.21. The normalized spacial score (nSPS) is 11.2. The second-order valence-electron chi connectivity index (χ2n) is 6.20. The van der Waals surface area contributed by atoms with Crippen molar-refractivity contribution < 1.29 is 5.11 Å². The molecule has 6 heteroatoms. The number of aryl methyl sites for hydroxylation is 3. The Balaban J connectivity index is 2.12. The van der Waals surface area contributed by atoms with Gasteiger partial charge in [-0.1, -0.05) is 18.2 Å². The van der Waals surface area contributed by atoms with E-state index in [1.807, 2.05) is 45.0 Å². The fourth-order valence-electron chi connectivity index (χ4n) is 2.61. The second kappa shape index (κ2) is 6.84. The van der Waals surface area contributed by atoms with E-state index in [4.69, 9.17) is 0 Å². The van der Waals surface area contributed by atoms with Gasteiger partial charge in [-0.25, -0.2) is 9.36 Å². The van der Waals surface area contributed by atoms with Crippen LogP contribution in [0.4, 0.5) is 5.69 Å². The van der Waals surface area contributed by atoms with E-state index in [2.05, 4.69) is 9.98 Å². The Bertz CT molecular complexity index is 1120. The zero-order valence-electron chi connectivity index (χ0n) is 14.8. The van der Waals surface area contributed by atoms with Crippen molar-refractivity contribution in [3.8, 4) is 11.6 Å². The maximum absolute atomic E-state index is 12.2. The SMILES string of the molecule is Cc1cccc(-n2c(O)c(C=Nc3ccc(C)c(C)c3)c(=O)[nH]c2=O)c1. The number of hydrogen-bond donors (Lipinski definition) is 2. The van der Waals surface area contributed by atoms with Crippen LogP contribution in [-0.4, -0.2) is 20.9 Å². The number of hydrogen-bond acceptors (Lipinski definition) is 4. The molecule has 26 heavy (non-hydrogen) atoms. The molecule has 3 aromatic rings. The molecule has 0 spiro atoms. The lowest BCUT2D eigenvalue weighted by molar-refractivity contribution is 0.430. The van der Waals surface area contributed by atoms with Crippen LogP contribution in [-0.2, 0) is 0 Å². The van der Waals surface area contributed by atoms with E-state index in [0.717, 1.165) is 21.3 Å². The molecule has 132 valence electrons. The van der Waals surface area contributed by atoms with Gasteiger partial charge < -0.3 is 5.11 Å². The standard InChI is InChI=1S/C20H19N3O3/c1-12-5-4-6-16(9-12)23-19(25)17(18(24)22-20(23)26)11-21-15-8-7-13(2)14(3)10-15/h4-11,25H,1-3H3,(H,22,24,26). The van der Waals surface area contributed by atoms with Crippen molar-refractivity contribution in [3.63, 3.8) is 0 Å². The number of aliphatic imine (C=N–C) groups is 1. The highest BCUT2D eigenvalue weighted by Crippen LogP contribution is 2.19. The summed E-state index contributed by atoms with van der Waals surface area (Å²) in [6, 6.07) is 12.7. The molecule has 6 nitrogen and oxygen atoms in total. The van der Waals surface area contributed by atoms with Crippen molar-refractivity contribution in [1.29, 1.82) is 0 Å². The first-order valence-corrected chi connectivity index (χ1v) is 8.13. The van der Waals surface area contributed by atoms with Gasteiger partial charge in [-0.3, -0.25) is 14.8 Å². The Kier molecular flexibility index (Phi) is 4.58. The summed E-state index contributed by atoms with van der Waals surface area (Å²) in [4.78, 5) is 30.8. The van der Waals surface area contributed by atoms with Crippen LogP contribution >= 0.6 is 0 Å². The highest BCUT2D eigenvalue weighted by atomic mass is 16.3. The van der Waals surface area contributed by atoms with E-state index in [9.17, 15) is 14.7 Å². The number of rotatable bonds is 3. The largest absolute Gasteiger partial charge is 0.493 e. The zero-order valence-corrected chi connectivity index (χ0v) is 14.8. The molecule has 0 saturated heterocycles. The van der Waals surface area contributed by atoms with Gasteiger partial charge in [0.05, 0.1) is 11.4 Å². The average molecular weight is 349 g/mol. The molecule has 0 amide bonds. The Morgan fingerprint density at radius 3 is 2.50 bits per heavy atom. The van der Waals surface area contributed by atoms with Gasteiger partial charge in [-0.05, 0) is 61.7 Å². The number of aromatic hydroxyl groups is 1. The first kappa shape index (κ1) is 17.4. The number of benzene rings is 2. The quantitative estimate of drug-likeness (QED) is 0.713. The number of aromatic nitrogens is 2. The maximum Gasteiger partial charge on any atom is 0.335 e. The van der Waals surface area contributed by atoms with Gasteiger partial charge in [0.2, 0.25) is 5.88 Å². The van der Waals surface area contributed by atoms with Crippen LogP contribution in [0, 0.1) is 20.8 Å².